The van der Waals surface area contributed by atoms with Crippen LogP contribution in [-0.2, 0) is 6.18 Å². The third kappa shape index (κ3) is 2.76. The first-order chi connectivity index (χ1) is 8.80. The quantitative estimate of drug-likeness (QED) is 0.635. The van der Waals surface area contributed by atoms with E-state index in [4.69, 9.17) is 11.6 Å². The number of halogens is 4. The van der Waals surface area contributed by atoms with Gasteiger partial charge in [0.25, 0.3) is 0 Å². The van der Waals surface area contributed by atoms with Gasteiger partial charge in [-0.2, -0.15) is 13.2 Å². The Hall–Kier alpha value is -1.48. The van der Waals surface area contributed by atoms with Crippen molar-refractivity contribution in [1.29, 1.82) is 0 Å². The van der Waals surface area contributed by atoms with Crippen LogP contribution in [0.3, 0.4) is 0 Å². The van der Waals surface area contributed by atoms with Gasteiger partial charge in [0.15, 0.2) is 0 Å². The fourth-order valence-corrected chi connectivity index (χ4v) is 2.46. The summed E-state index contributed by atoms with van der Waals surface area (Å²) in [6.07, 6.45) is -4.42. The van der Waals surface area contributed by atoms with Gasteiger partial charge in [-0.05, 0) is 48.2 Å². The summed E-state index contributed by atoms with van der Waals surface area (Å²) < 4.78 is 38.0. The van der Waals surface area contributed by atoms with Gasteiger partial charge in [-0.1, -0.05) is 35.9 Å². The number of hydrogen-bond acceptors (Lipinski definition) is 0. The maximum absolute atomic E-state index is 12.7. The highest BCUT2D eigenvalue weighted by atomic mass is 35.5. The molecular formula is C15H12ClF3. The Balaban J connectivity index is 2.58. The van der Waals surface area contributed by atoms with Crippen molar-refractivity contribution in [3.8, 4) is 11.1 Å². The smallest absolute Gasteiger partial charge is 0.166 e. The molecule has 0 fully saturated rings. The number of rotatable bonds is 1. The van der Waals surface area contributed by atoms with Crippen molar-refractivity contribution in [3.05, 3.63) is 58.1 Å². The lowest BCUT2D eigenvalue weighted by Crippen LogP contribution is -2.05. The number of hydrogen-bond donors (Lipinski definition) is 0. The Kier molecular flexibility index (Phi) is 3.59. The molecule has 0 aliphatic carbocycles. The number of aryl methyl sites for hydroxylation is 2. The second-order valence-electron chi connectivity index (χ2n) is 4.46. The third-order valence-electron chi connectivity index (χ3n) is 3.04. The normalized spacial score (nSPS) is 11.7. The van der Waals surface area contributed by atoms with E-state index in [0.29, 0.717) is 5.56 Å². The van der Waals surface area contributed by atoms with Crippen molar-refractivity contribution in [1.82, 2.24) is 0 Å². The molecule has 2 aromatic rings. The van der Waals surface area contributed by atoms with Crippen LogP contribution in [0.4, 0.5) is 13.2 Å². The Labute approximate surface area is 114 Å². The van der Waals surface area contributed by atoms with Crippen LogP contribution in [0.1, 0.15) is 16.7 Å². The van der Waals surface area contributed by atoms with Crippen molar-refractivity contribution in [2.75, 3.05) is 0 Å². The molecule has 0 spiro atoms. The molecule has 19 heavy (non-hydrogen) atoms. The molecule has 0 aliphatic heterocycles. The van der Waals surface area contributed by atoms with E-state index in [-0.39, 0.29) is 5.02 Å². The van der Waals surface area contributed by atoms with E-state index in [1.54, 1.807) is 0 Å². The Bertz CT molecular complexity index is 595. The molecule has 0 radical (unpaired) electrons. The second kappa shape index (κ2) is 4.89. The first-order valence-corrected chi connectivity index (χ1v) is 6.12. The molecule has 2 aromatic carbocycles. The zero-order valence-corrected chi connectivity index (χ0v) is 11.2. The largest absolute Gasteiger partial charge is 0.417 e. The lowest BCUT2D eigenvalue weighted by Gasteiger charge is -2.13. The average Bonchev–Trinajstić information content (AvgIpc) is 2.27. The monoisotopic (exact) mass is 284 g/mol. The molecule has 0 N–H and O–H groups in total. The molecule has 0 saturated heterocycles. The minimum Gasteiger partial charge on any atom is -0.166 e. The molecule has 0 unspecified atom stereocenters. The Morgan fingerprint density at radius 1 is 0.947 bits per heavy atom. The number of benzene rings is 2. The van der Waals surface area contributed by atoms with Gasteiger partial charge in [0.1, 0.15) is 0 Å². The van der Waals surface area contributed by atoms with E-state index >= 15 is 0 Å². The summed E-state index contributed by atoms with van der Waals surface area (Å²) in [5, 5.41) is -0.271. The van der Waals surface area contributed by atoms with E-state index in [1.165, 1.54) is 12.1 Å². The molecule has 2 rings (SSSR count). The highest BCUT2D eigenvalue weighted by Crippen LogP contribution is 2.37. The molecular weight excluding hydrogens is 273 g/mol. The van der Waals surface area contributed by atoms with E-state index in [1.807, 2.05) is 32.0 Å². The van der Waals surface area contributed by atoms with Crippen LogP contribution in [-0.4, -0.2) is 0 Å². The summed E-state index contributed by atoms with van der Waals surface area (Å²) in [7, 11) is 0. The average molecular weight is 285 g/mol. The van der Waals surface area contributed by atoms with Crippen molar-refractivity contribution in [2.24, 2.45) is 0 Å². The fraction of sp³-hybridized carbons (Fsp3) is 0.200. The first-order valence-electron chi connectivity index (χ1n) is 5.74. The molecule has 0 aromatic heterocycles. The lowest BCUT2D eigenvalue weighted by molar-refractivity contribution is -0.137. The highest BCUT2D eigenvalue weighted by Gasteiger charge is 2.33. The molecule has 0 heterocycles. The molecule has 0 aliphatic rings. The standard InChI is InChI=1S/C15H12ClF3/c1-9-4-3-5-10(2)14(9)11-6-7-12(13(16)8-11)15(17,18)19/h3-8H,1-2H3. The van der Waals surface area contributed by atoms with Crippen molar-refractivity contribution in [3.63, 3.8) is 0 Å². The van der Waals surface area contributed by atoms with Crippen LogP contribution >= 0.6 is 11.6 Å². The predicted octanol–water partition coefficient (Wildman–Crippen LogP) is 5.64. The van der Waals surface area contributed by atoms with Gasteiger partial charge in [0.2, 0.25) is 0 Å². The van der Waals surface area contributed by atoms with Gasteiger partial charge >= 0.3 is 6.18 Å². The second-order valence-corrected chi connectivity index (χ2v) is 4.87. The van der Waals surface area contributed by atoms with Crippen LogP contribution in [0.5, 0.6) is 0 Å². The zero-order valence-electron chi connectivity index (χ0n) is 10.5. The van der Waals surface area contributed by atoms with Gasteiger partial charge in [-0.15, -0.1) is 0 Å². The van der Waals surface area contributed by atoms with Crippen LogP contribution in [0.15, 0.2) is 36.4 Å². The fourth-order valence-electron chi connectivity index (χ4n) is 2.17. The maximum Gasteiger partial charge on any atom is 0.417 e. The van der Waals surface area contributed by atoms with Crippen LogP contribution in [0.2, 0.25) is 5.02 Å². The molecule has 4 heteroatoms. The van der Waals surface area contributed by atoms with E-state index in [0.717, 1.165) is 22.8 Å². The zero-order chi connectivity index (χ0) is 14.2. The molecule has 0 bridgehead atoms. The highest BCUT2D eigenvalue weighted by molar-refractivity contribution is 6.31. The molecule has 100 valence electrons. The van der Waals surface area contributed by atoms with E-state index < -0.39 is 11.7 Å². The van der Waals surface area contributed by atoms with Crippen LogP contribution < -0.4 is 0 Å². The maximum atomic E-state index is 12.7. The predicted molar refractivity (Wildman–Crippen MR) is 71.4 cm³/mol. The third-order valence-corrected chi connectivity index (χ3v) is 3.36. The van der Waals surface area contributed by atoms with Gasteiger partial charge in [0.05, 0.1) is 10.6 Å². The van der Waals surface area contributed by atoms with Gasteiger partial charge in [-0.3, -0.25) is 0 Å². The molecule has 0 saturated carbocycles. The molecule has 0 amide bonds. The van der Waals surface area contributed by atoms with Gasteiger partial charge in [0, 0.05) is 0 Å². The van der Waals surface area contributed by atoms with Crippen LogP contribution in [0.25, 0.3) is 11.1 Å². The molecule has 0 nitrogen and oxygen atoms in total. The van der Waals surface area contributed by atoms with E-state index in [9.17, 15) is 13.2 Å². The summed E-state index contributed by atoms with van der Waals surface area (Å²) in [5.74, 6) is 0. The lowest BCUT2D eigenvalue weighted by atomic mass is 9.95. The van der Waals surface area contributed by atoms with Crippen molar-refractivity contribution < 1.29 is 13.2 Å². The summed E-state index contributed by atoms with van der Waals surface area (Å²) in [6, 6.07) is 9.63. The Morgan fingerprint density at radius 3 is 2.00 bits per heavy atom. The van der Waals surface area contributed by atoms with Crippen molar-refractivity contribution in [2.45, 2.75) is 20.0 Å². The van der Waals surface area contributed by atoms with Crippen molar-refractivity contribution >= 4 is 11.6 Å². The first kappa shape index (κ1) is 13.9. The van der Waals surface area contributed by atoms with Crippen LogP contribution in [0, 0.1) is 13.8 Å². The minimum absolute atomic E-state index is 0.271. The molecule has 0 atom stereocenters. The van der Waals surface area contributed by atoms with E-state index in [2.05, 4.69) is 0 Å². The SMILES string of the molecule is Cc1cccc(C)c1-c1ccc(C(F)(F)F)c(Cl)c1. The summed E-state index contributed by atoms with van der Waals surface area (Å²) >= 11 is 5.75. The number of alkyl halides is 3. The summed E-state index contributed by atoms with van der Waals surface area (Å²) in [5.41, 5.74) is 2.85. The van der Waals surface area contributed by atoms with Gasteiger partial charge in [-0.25, -0.2) is 0 Å². The minimum atomic E-state index is -4.42. The topological polar surface area (TPSA) is 0 Å². The van der Waals surface area contributed by atoms with Gasteiger partial charge < -0.3 is 0 Å². The Morgan fingerprint density at radius 2 is 1.53 bits per heavy atom. The summed E-state index contributed by atoms with van der Waals surface area (Å²) in [6.45, 7) is 3.85. The summed E-state index contributed by atoms with van der Waals surface area (Å²) in [4.78, 5) is 0.